The molecule has 0 bridgehead atoms. The lowest BCUT2D eigenvalue weighted by atomic mass is 10.5. The van der Waals surface area contributed by atoms with Crippen LogP contribution in [-0.4, -0.2) is 11.0 Å². The molecular weight excluding hydrogens is 192 g/mol. The molecule has 0 unspecified atom stereocenters. The highest BCUT2D eigenvalue weighted by Crippen LogP contribution is 2.11. The zero-order valence-corrected chi connectivity index (χ0v) is 8.09. The van der Waals surface area contributed by atoms with Gasteiger partial charge in [0.1, 0.15) is 0 Å². The van der Waals surface area contributed by atoms with Gasteiger partial charge in [-0.2, -0.15) is 11.3 Å². The van der Waals surface area contributed by atoms with E-state index in [4.69, 9.17) is 12.2 Å². The van der Waals surface area contributed by atoms with E-state index in [2.05, 4.69) is 10.6 Å². The lowest BCUT2D eigenvalue weighted by Crippen LogP contribution is -2.31. The Hall–Kier alpha value is -0.940. The molecule has 0 aromatic carbocycles. The average molecular weight is 200 g/mol. The summed E-state index contributed by atoms with van der Waals surface area (Å²) in [6, 6.07) is 1.89. The number of nitrogens with one attached hydrogen (secondary N) is 2. The summed E-state index contributed by atoms with van der Waals surface area (Å²) in [7, 11) is 0. The number of anilines is 1. The molecule has 3 nitrogen and oxygen atoms in total. The summed E-state index contributed by atoms with van der Waals surface area (Å²) in [5, 5.41) is 9.50. The van der Waals surface area contributed by atoms with Gasteiger partial charge in [-0.3, -0.25) is 4.79 Å². The van der Waals surface area contributed by atoms with Crippen molar-refractivity contribution in [3.8, 4) is 0 Å². The predicted octanol–water partition coefficient (Wildman–Crippen LogP) is 1.58. The van der Waals surface area contributed by atoms with Crippen molar-refractivity contribution in [1.82, 2.24) is 5.32 Å². The Morgan fingerprint density at radius 2 is 2.42 bits per heavy atom. The fourth-order valence-electron chi connectivity index (χ4n) is 0.658. The largest absolute Gasteiger partial charge is 0.332 e. The summed E-state index contributed by atoms with van der Waals surface area (Å²) in [4.78, 5) is 10.5. The number of carbonyl (C=O) groups is 1. The van der Waals surface area contributed by atoms with Gasteiger partial charge in [-0.25, -0.2) is 0 Å². The molecule has 5 heteroatoms. The second-order valence-corrected chi connectivity index (χ2v) is 3.34. The van der Waals surface area contributed by atoms with E-state index < -0.39 is 0 Å². The third-order valence-electron chi connectivity index (χ3n) is 1.07. The Balaban J connectivity index is 2.42. The Labute approximate surface area is 79.8 Å². The molecule has 1 aromatic heterocycles. The minimum Gasteiger partial charge on any atom is -0.332 e. The number of thiocarbonyl (C=S) groups is 1. The molecule has 1 rings (SSSR count). The monoisotopic (exact) mass is 200 g/mol. The van der Waals surface area contributed by atoms with Crippen molar-refractivity contribution in [2.75, 3.05) is 5.32 Å². The van der Waals surface area contributed by atoms with Gasteiger partial charge in [0, 0.05) is 12.3 Å². The third-order valence-corrected chi connectivity index (χ3v) is 1.96. The standard InChI is InChI=1S/C7H8N2OS2/c1-5(10)8-7(11)9-6-2-3-12-4-6/h2-4H,1H3,(H2,8,9,10,11). The van der Waals surface area contributed by atoms with Crippen molar-refractivity contribution in [2.45, 2.75) is 6.92 Å². The van der Waals surface area contributed by atoms with Crippen LogP contribution in [-0.2, 0) is 4.79 Å². The number of hydrogen-bond acceptors (Lipinski definition) is 3. The third kappa shape index (κ3) is 2.98. The van der Waals surface area contributed by atoms with Crippen LogP contribution in [0.15, 0.2) is 16.8 Å². The van der Waals surface area contributed by atoms with E-state index in [9.17, 15) is 4.79 Å². The van der Waals surface area contributed by atoms with Gasteiger partial charge in [0.15, 0.2) is 5.11 Å². The quantitative estimate of drug-likeness (QED) is 0.676. The molecule has 0 saturated carbocycles. The maximum Gasteiger partial charge on any atom is 0.222 e. The van der Waals surface area contributed by atoms with E-state index >= 15 is 0 Å². The molecule has 64 valence electrons. The molecule has 1 heterocycles. The fraction of sp³-hybridized carbons (Fsp3) is 0.143. The maximum absolute atomic E-state index is 10.5. The molecule has 2 N–H and O–H groups in total. The fourth-order valence-corrected chi connectivity index (χ4v) is 1.51. The first kappa shape index (κ1) is 9.15. The SMILES string of the molecule is CC(=O)NC(=S)Nc1ccsc1. The van der Waals surface area contributed by atoms with Crippen LogP contribution in [0.1, 0.15) is 6.92 Å². The molecular formula is C7H8N2OS2. The summed E-state index contributed by atoms with van der Waals surface area (Å²) in [5.74, 6) is -0.164. The molecule has 0 atom stereocenters. The Bertz CT molecular complexity index is 282. The molecule has 1 amide bonds. The van der Waals surface area contributed by atoms with Crippen molar-refractivity contribution in [1.29, 1.82) is 0 Å². The van der Waals surface area contributed by atoms with Crippen LogP contribution in [0.4, 0.5) is 5.69 Å². The zero-order valence-electron chi connectivity index (χ0n) is 6.46. The summed E-state index contributed by atoms with van der Waals surface area (Å²) >= 11 is 6.41. The smallest absolute Gasteiger partial charge is 0.222 e. The summed E-state index contributed by atoms with van der Waals surface area (Å²) in [6.45, 7) is 1.42. The van der Waals surface area contributed by atoms with Gasteiger partial charge in [-0.1, -0.05) is 0 Å². The first-order valence-corrected chi connectivity index (χ1v) is 4.64. The Morgan fingerprint density at radius 1 is 1.67 bits per heavy atom. The highest BCUT2D eigenvalue weighted by molar-refractivity contribution is 7.80. The van der Waals surface area contributed by atoms with Crippen LogP contribution in [0.2, 0.25) is 0 Å². The van der Waals surface area contributed by atoms with Crippen molar-refractivity contribution >= 4 is 40.3 Å². The first-order chi connectivity index (χ1) is 5.68. The highest BCUT2D eigenvalue weighted by Gasteiger charge is 1.98. The molecule has 0 aliphatic heterocycles. The van der Waals surface area contributed by atoms with Crippen LogP contribution < -0.4 is 10.6 Å². The van der Waals surface area contributed by atoms with Crippen LogP contribution >= 0.6 is 23.6 Å². The van der Waals surface area contributed by atoms with E-state index in [-0.39, 0.29) is 5.91 Å². The Kier molecular flexibility index (Phi) is 3.19. The van der Waals surface area contributed by atoms with Gasteiger partial charge in [0.2, 0.25) is 5.91 Å². The molecule has 1 aromatic rings. The second-order valence-electron chi connectivity index (χ2n) is 2.15. The maximum atomic E-state index is 10.5. The predicted molar refractivity (Wildman–Crippen MR) is 54.4 cm³/mol. The summed E-state index contributed by atoms with van der Waals surface area (Å²) in [6.07, 6.45) is 0. The summed E-state index contributed by atoms with van der Waals surface area (Å²) in [5.41, 5.74) is 0.902. The van der Waals surface area contributed by atoms with Gasteiger partial charge in [0.25, 0.3) is 0 Å². The molecule has 12 heavy (non-hydrogen) atoms. The molecule has 0 aliphatic carbocycles. The molecule has 0 fully saturated rings. The Morgan fingerprint density at radius 3 is 2.92 bits per heavy atom. The number of amides is 1. The minimum atomic E-state index is -0.164. The lowest BCUT2D eigenvalue weighted by Gasteiger charge is -2.04. The number of carbonyl (C=O) groups excluding carboxylic acids is 1. The van der Waals surface area contributed by atoms with Gasteiger partial charge in [0.05, 0.1) is 5.69 Å². The van der Waals surface area contributed by atoms with Crippen molar-refractivity contribution < 1.29 is 4.79 Å². The van der Waals surface area contributed by atoms with Crippen LogP contribution in [0, 0.1) is 0 Å². The topological polar surface area (TPSA) is 41.1 Å². The molecule has 0 radical (unpaired) electrons. The van der Waals surface area contributed by atoms with E-state index in [0.717, 1.165) is 5.69 Å². The van der Waals surface area contributed by atoms with E-state index in [1.807, 2.05) is 16.8 Å². The van der Waals surface area contributed by atoms with Crippen molar-refractivity contribution in [3.63, 3.8) is 0 Å². The lowest BCUT2D eigenvalue weighted by molar-refractivity contribution is -0.117. The van der Waals surface area contributed by atoms with E-state index in [1.165, 1.54) is 6.92 Å². The van der Waals surface area contributed by atoms with Crippen LogP contribution in [0.5, 0.6) is 0 Å². The van der Waals surface area contributed by atoms with Crippen molar-refractivity contribution in [2.24, 2.45) is 0 Å². The number of rotatable bonds is 1. The molecule has 0 aliphatic rings. The normalized spacial score (nSPS) is 9.08. The van der Waals surface area contributed by atoms with E-state index in [0.29, 0.717) is 5.11 Å². The zero-order chi connectivity index (χ0) is 8.97. The van der Waals surface area contributed by atoms with Crippen molar-refractivity contribution in [3.05, 3.63) is 16.8 Å². The van der Waals surface area contributed by atoms with Gasteiger partial charge < -0.3 is 10.6 Å². The number of thiophene rings is 1. The van der Waals surface area contributed by atoms with Crippen LogP contribution in [0.3, 0.4) is 0 Å². The second kappa shape index (κ2) is 4.18. The average Bonchev–Trinajstić information content (AvgIpc) is 2.37. The number of hydrogen-bond donors (Lipinski definition) is 2. The first-order valence-electron chi connectivity index (χ1n) is 3.29. The van der Waals surface area contributed by atoms with E-state index in [1.54, 1.807) is 11.3 Å². The highest BCUT2D eigenvalue weighted by atomic mass is 32.1. The molecule has 0 spiro atoms. The van der Waals surface area contributed by atoms with Crippen LogP contribution in [0.25, 0.3) is 0 Å². The van der Waals surface area contributed by atoms with Gasteiger partial charge >= 0.3 is 0 Å². The minimum absolute atomic E-state index is 0.164. The van der Waals surface area contributed by atoms with Gasteiger partial charge in [-0.05, 0) is 23.7 Å². The van der Waals surface area contributed by atoms with Gasteiger partial charge in [-0.15, -0.1) is 0 Å². The summed E-state index contributed by atoms with van der Waals surface area (Å²) < 4.78 is 0. The molecule has 0 saturated heterocycles.